The summed E-state index contributed by atoms with van der Waals surface area (Å²) in [5.41, 5.74) is 4.92. The van der Waals surface area contributed by atoms with Gasteiger partial charge in [-0.25, -0.2) is 0 Å². The lowest BCUT2D eigenvalue weighted by molar-refractivity contribution is 0.103. The van der Waals surface area contributed by atoms with E-state index < -0.39 is 0 Å². The maximum Gasteiger partial charge on any atom is 0.0447 e. The molecule has 0 aromatic heterocycles. The number of benzene rings is 2. The summed E-state index contributed by atoms with van der Waals surface area (Å²) < 4.78 is 0. The highest BCUT2D eigenvalue weighted by molar-refractivity contribution is 5.46. The van der Waals surface area contributed by atoms with Gasteiger partial charge in [0.25, 0.3) is 0 Å². The van der Waals surface area contributed by atoms with Gasteiger partial charge in [-0.2, -0.15) is 0 Å². The van der Waals surface area contributed by atoms with Crippen molar-refractivity contribution < 1.29 is 0 Å². The van der Waals surface area contributed by atoms with E-state index in [9.17, 15) is 0 Å². The molecule has 2 aliphatic rings. The van der Waals surface area contributed by atoms with Crippen molar-refractivity contribution in [3.8, 4) is 0 Å². The molecule has 102 valence electrons. The average Bonchev–Trinajstić information content (AvgIpc) is 2.85. The van der Waals surface area contributed by atoms with Crippen molar-refractivity contribution in [3.63, 3.8) is 0 Å². The molecule has 1 saturated heterocycles. The van der Waals surface area contributed by atoms with Gasteiger partial charge in [0.15, 0.2) is 0 Å². The Labute approximate surface area is 121 Å². The van der Waals surface area contributed by atoms with Crippen LogP contribution in [0.15, 0.2) is 54.6 Å². The molecule has 1 heteroatoms. The van der Waals surface area contributed by atoms with Crippen LogP contribution in [-0.4, -0.2) is 18.5 Å². The van der Waals surface area contributed by atoms with Crippen LogP contribution in [0, 0.1) is 0 Å². The van der Waals surface area contributed by atoms with Crippen LogP contribution in [0.1, 0.15) is 35.6 Å². The van der Waals surface area contributed by atoms with Gasteiger partial charge >= 0.3 is 0 Å². The van der Waals surface area contributed by atoms with Gasteiger partial charge in [-0.05, 0) is 49.5 Å². The second-order valence-corrected chi connectivity index (χ2v) is 6.38. The highest BCUT2D eigenvalue weighted by atomic mass is 15.2. The normalized spacial score (nSPS) is 28.9. The Hall–Kier alpha value is -1.60. The van der Waals surface area contributed by atoms with Crippen LogP contribution in [0.3, 0.4) is 0 Å². The second kappa shape index (κ2) is 4.46. The molecule has 1 nitrogen and oxygen atoms in total. The van der Waals surface area contributed by atoms with E-state index >= 15 is 0 Å². The fourth-order valence-corrected chi connectivity index (χ4v) is 4.53. The van der Waals surface area contributed by atoms with Crippen molar-refractivity contribution >= 4 is 0 Å². The van der Waals surface area contributed by atoms with E-state index in [1.54, 1.807) is 11.1 Å². The predicted molar refractivity (Wildman–Crippen MR) is 82.9 cm³/mol. The molecule has 1 heterocycles. The van der Waals surface area contributed by atoms with Crippen molar-refractivity contribution in [2.75, 3.05) is 13.6 Å². The molecule has 1 unspecified atom stereocenters. The summed E-state index contributed by atoms with van der Waals surface area (Å²) in [6.45, 7) is 1.22. The van der Waals surface area contributed by atoms with Crippen molar-refractivity contribution in [1.29, 1.82) is 0 Å². The number of nitrogens with zero attached hydrogens (tertiary/aromatic N) is 1. The van der Waals surface area contributed by atoms with Crippen LogP contribution >= 0.6 is 0 Å². The van der Waals surface area contributed by atoms with E-state index in [2.05, 4.69) is 66.5 Å². The van der Waals surface area contributed by atoms with Crippen LogP contribution in [0.4, 0.5) is 0 Å². The van der Waals surface area contributed by atoms with E-state index in [0.29, 0.717) is 6.04 Å². The van der Waals surface area contributed by atoms with Gasteiger partial charge < -0.3 is 0 Å². The number of likely N-dealkylation sites (N-methyl/N-ethyl adjacent to an activating group) is 1. The molecule has 0 saturated carbocycles. The van der Waals surface area contributed by atoms with Crippen molar-refractivity contribution in [2.24, 2.45) is 0 Å². The molecule has 2 aromatic carbocycles. The third-order valence-corrected chi connectivity index (χ3v) is 5.30. The van der Waals surface area contributed by atoms with Gasteiger partial charge in [-0.15, -0.1) is 0 Å². The first-order valence-corrected chi connectivity index (χ1v) is 7.65. The summed E-state index contributed by atoms with van der Waals surface area (Å²) in [5.74, 6) is 0. The monoisotopic (exact) mass is 263 g/mol. The lowest BCUT2D eigenvalue weighted by Crippen LogP contribution is -2.45. The van der Waals surface area contributed by atoms with Gasteiger partial charge in [-0.3, -0.25) is 4.90 Å². The molecule has 2 atom stereocenters. The Bertz CT molecular complexity index is 619. The molecule has 0 amide bonds. The topological polar surface area (TPSA) is 3.24 Å². The average molecular weight is 263 g/mol. The maximum atomic E-state index is 2.57. The number of hydrogen-bond donors (Lipinski definition) is 0. The Morgan fingerprint density at radius 2 is 1.75 bits per heavy atom. The zero-order chi connectivity index (χ0) is 13.6. The summed E-state index contributed by atoms with van der Waals surface area (Å²) >= 11 is 0. The van der Waals surface area contributed by atoms with Gasteiger partial charge in [0.05, 0.1) is 0 Å². The highest BCUT2D eigenvalue weighted by Gasteiger charge is 2.50. The van der Waals surface area contributed by atoms with E-state index in [1.807, 2.05) is 0 Å². The van der Waals surface area contributed by atoms with Crippen LogP contribution in [0.5, 0.6) is 0 Å². The minimum Gasteiger partial charge on any atom is -0.298 e. The molecule has 4 rings (SSSR count). The molecule has 0 spiro atoms. The molecule has 0 N–H and O–H groups in total. The molecular weight excluding hydrogens is 242 g/mol. The van der Waals surface area contributed by atoms with Gasteiger partial charge in [0.2, 0.25) is 0 Å². The fourth-order valence-electron chi connectivity index (χ4n) is 4.53. The summed E-state index contributed by atoms with van der Waals surface area (Å²) in [6, 6.07) is 20.8. The molecule has 0 radical (unpaired) electrons. The number of likely N-dealkylation sites (tertiary alicyclic amines) is 1. The summed E-state index contributed by atoms with van der Waals surface area (Å²) in [5, 5.41) is 0. The van der Waals surface area contributed by atoms with E-state index in [-0.39, 0.29) is 5.41 Å². The minimum atomic E-state index is 0.290. The number of rotatable bonds is 1. The number of fused-ring (bicyclic) bond motifs is 3. The number of piperidine rings is 1. The Balaban J connectivity index is 1.90. The summed E-state index contributed by atoms with van der Waals surface area (Å²) in [7, 11) is 2.30. The molecule has 1 aliphatic carbocycles. The van der Waals surface area contributed by atoms with E-state index in [0.717, 1.165) is 0 Å². The summed E-state index contributed by atoms with van der Waals surface area (Å²) in [4.78, 5) is 2.57. The lowest BCUT2D eigenvalue weighted by atomic mass is 9.69. The van der Waals surface area contributed by atoms with Crippen LogP contribution in [-0.2, 0) is 11.8 Å². The summed E-state index contributed by atoms with van der Waals surface area (Å²) in [6.07, 6.45) is 3.80. The third kappa shape index (κ3) is 1.59. The van der Waals surface area contributed by atoms with Crippen molar-refractivity contribution in [3.05, 3.63) is 71.3 Å². The Morgan fingerprint density at radius 1 is 1.00 bits per heavy atom. The first-order chi connectivity index (χ1) is 9.81. The largest absolute Gasteiger partial charge is 0.298 e. The van der Waals surface area contributed by atoms with E-state index in [4.69, 9.17) is 0 Å². The SMILES string of the molecule is CN1CCC[C@@]2(c3ccccc3)Cc3ccccc3C12. The molecule has 20 heavy (non-hydrogen) atoms. The molecule has 1 fully saturated rings. The zero-order valence-corrected chi connectivity index (χ0v) is 12.0. The zero-order valence-electron chi connectivity index (χ0n) is 12.0. The molecule has 1 aliphatic heterocycles. The van der Waals surface area contributed by atoms with Crippen LogP contribution in [0.2, 0.25) is 0 Å². The molecule has 0 bridgehead atoms. The van der Waals surface area contributed by atoms with Crippen molar-refractivity contribution in [1.82, 2.24) is 4.90 Å². The molecular formula is C19H21N. The quantitative estimate of drug-likeness (QED) is 0.753. The van der Waals surface area contributed by atoms with Crippen LogP contribution in [0.25, 0.3) is 0 Å². The first kappa shape index (κ1) is 12.2. The minimum absolute atomic E-state index is 0.290. The van der Waals surface area contributed by atoms with Crippen molar-refractivity contribution in [2.45, 2.75) is 30.7 Å². The molecule has 2 aromatic rings. The standard InChI is InChI=1S/C19H21N/c1-20-13-7-12-19(16-9-3-2-4-10-16)14-15-8-5-6-11-17(15)18(19)20/h2-6,8-11,18H,7,12-14H2,1H3/t18?,19-/m0/s1. The Morgan fingerprint density at radius 3 is 2.60 bits per heavy atom. The highest BCUT2D eigenvalue weighted by Crippen LogP contribution is 2.54. The van der Waals surface area contributed by atoms with Gasteiger partial charge in [0.1, 0.15) is 0 Å². The number of hydrogen-bond acceptors (Lipinski definition) is 1. The maximum absolute atomic E-state index is 2.57. The third-order valence-electron chi connectivity index (χ3n) is 5.30. The second-order valence-electron chi connectivity index (χ2n) is 6.38. The fraction of sp³-hybridized carbons (Fsp3) is 0.368. The van der Waals surface area contributed by atoms with Crippen LogP contribution < -0.4 is 0 Å². The lowest BCUT2D eigenvalue weighted by Gasteiger charge is -2.46. The first-order valence-electron chi connectivity index (χ1n) is 7.65. The predicted octanol–water partition coefficient (Wildman–Crippen LogP) is 3.95. The smallest absolute Gasteiger partial charge is 0.0447 e. The van der Waals surface area contributed by atoms with E-state index in [1.165, 1.54) is 31.4 Å². The van der Waals surface area contributed by atoms with Gasteiger partial charge in [0, 0.05) is 11.5 Å². The van der Waals surface area contributed by atoms with Gasteiger partial charge in [-0.1, -0.05) is 54.6 Å². The Kier molecular flexibility index (Phi) is 2.71.